The van der Waals surface area contributed by atoms with Crippen molar-refractivity contribution in [2.24, 2.45) is 0 Å². The summed E-state index contributed by atoms with van der Waals surface area (Å²) in [6.45, 7) is 1.77. The molecular formula is C10H14BrO5P. The van der Waals surface area contributed by atoms with Crippen LogP contribution in [0.25, 0.3) is 0 Å². The maximum atomic E-state index is 11.6. The van der Waals surface area contributed by atoms with E-state index < -0.39 is 7.60 Å². The molecule has 1 aromatic carbocycles. The lowest BCUT2D eigenvalue weighted by atomic mass is 10.2. The highest BCUT2D eigenvalue weighted by Gasteiger charge is 2.22. The molecule has 2 N–H and O–H groups in total. The monoisotopic (exact) mass is 324 g/mol. The van der Waals surface area contributed by atoms with Crippen LogP contribution >= 0.6 is 23.5 Å². The molecule has 7 heteroatoms. The van der Waals surface area contributed by atoms with Crippen molar-refractivity contribution in [3.63, 3.8) is 0 Å². The summed E-state index contributed by atoms with van der Waals surface area (Å²) in [5, 5.41) is 9.76. The van der Waals surface area contributed by atoms with Gasteiger partial charge in [-0.1, -0.05) is 0 Å². The van der Waals surface area contributed by atoms with E-state index in [9.17, 15) is 14.6 Å². The molecule has 0 fully saturated rings. The molecule has 0 spiro atoms. The minimum atomic E-state index is -3.73. The number of ether oxygens (including phenoxy) is 1. The quantitative estimate of drug-likeness (QED) is 0.814. The summed E-state index contributed by atoms with van der Waals surface area (Å²) >= 11 is 3.14. The van der Waals surface area contributed by atoms with Gasteiger partial charge in [-0.05, 0) is 35.0 Å². The average Bonchev–Trinajstić information content (AvgIpc) is 2.23. The predicted octanol–water partition coefficient (Wildman–Crippen LogP) is 2.89. The molecule has 5 nitrogen and oxygen atoms in total. The number of benzene rings is 1. The van der Waals surface area contributed by atoms with Gasteiger partial charge >= 0.3 is 7.60 Å². The van der Waals surface area contributed by atoms with Crippen LogP contribution in [0.2, 0.25) is 0 Å². The number of halogens is 1. The van der Waals surface area contributed by atoms with Gasteiger partial charge in [0.1, 0.15) is 11.5 Å². The van der Waals surface area contributed by atoms with Gasteiger partial charge in [0.2, 0.25) is 0 Å². The molecule has 17 heavy (non-hydrogen) atoms. The van der Waals surface area contributed by atoms with Crippen molar-refractivity contribution in [2.45, 2.75) is 13.1 Å². The lowest BCUT2D eigenvalue weighted by Crippen LogP contribution is -1.95. The highest BCUT2D eigenvalue weighted by molar-refractivity contribution is 9.10. The fraction of sp³-hybridized carbons (Fsp3) is 0.400. The molecule has 0 radical (unpaired) electrons. The molecule has 0 bridgehead atoms. The van der Waals surface area contributed by atoms with Crippen molar-refractivity contribution in [3.05, 3.63) is 22.2 Å². The number of phenols is 1. The van der Waals surface area contributed by atoms with E-state index >= 15 is 0 Å². The number of rotatable bonds is 5. The maximum absolute atomic E-state index is 11.6. The summed E-state index contributed by atoms with van der Waals surface area (Å²) in [6, 6.07) is 3.07. The second-order valence-electron chi connectivity index (χ2n) is 3.33. The molecular weight excluding hydrogens is 311 g/mol. The SMILES string of the molecule is CCOP(=O)(O)Cc1cc(OC)cc(Br)c1O. The van der Waals surface area contributed by atoms with Crippen molar-refractivity contribution in [2.75, 3.05) is 13.7 Å². The van der Waals surface area contributed by atoms with E-state index in [4.69, 9.17) is 9.26 Å². The Morgan fingerprint density at radius 2 is 2.12 bits per heavy atom. The van der Waals surface area contributed by atoms with Gasteiger partial charge in [0.25, 0.3) is 0 Å². The molecule has 1 aromatic rings. The molecule has 1 atom stereocenters. The zero-order valence-electron chi connectivity index (χ0n) is 9.51. The number of phenolic OH excluding ortho intramolecular Hbond substituents is 1. The van der Waals surface area contributed by atoms with Crippen molar-refractivity contribution in [3.8, 4) is 11.5 Å². The number of hydrogen-bond acceptors (Lipinski definition) is 4. The summed E-state index contributed by atoms with van der Waals surface area (Å²) < 4.78 is 21.8. The normalized spacial score (nSPS) is 14.4. The third kappa shape index (κ3) is 4.00. The van der Waals surface area contributed by atoms with Crippen LogP contribution in [0.3, 0.4) is 0 Å². The zero-order valence-corrected chi connectivity index (χ0v) is 12.0. The van der Waals surface area contributed by atoms with Gasteiger partial charge in [0, 0.05) is 5.56 Å². The van der Waals surface area contributed by atoms with Gasteiger partial charge in [-0.3, -0.25) is 4.57 Å². The zero-order chi connectivity index (χ0) is 13.1. The first-order valence-electron chi connectivity index (χ1n) is 4.91. The summed E-state index contributed by atoms with van der Waals surface area (Å²) in [5.74, 6) is 0.404. The Morgan fingerprint density at radius 3 is 2.65 bits per heavy atom. The third-order valence-electron chi connectivity index (χ3n) is 2.05. The van der Waals surface area contributed by atoms with E-state index in [0.29, 0.717) is 15.8 Å². The lowest BCUT2D eigenvalue weighted by molar-refractivity contribution is 0.272. The van der Waals surface area contributed by atoms with Crippen LogP contribution in [0.15, 0.2) is 16.6 Å². The maximum Gasteiger partial charge on any atom is 0.332 e. The summed E-state index contributed by atoms with van der Waals surface area (Å²) in [5.41, 5.74) is 0.301. The minimum Gasteiger partial charge on any atom is -0.506 e. The number of hydrogen-bond donors (Lipinski definition) is 2. The largest absolute Gasteiger partial charge is 0.506 e. The molecule has 1 unspecified atom stereocenters. The topological polar surface area (TPSA) is 76.0 Å². The van der Waals surface area contributed by atoms with Crippen LogP contribution in [0.5, 0.6) is 11.5 Å². The molecule has 1 rings (SSSR count). The van der Waals surface area contributed by atoms with Gasteiger partial charge in [-0.25, -0.2) is 0 Å². The standard InChI is InChI=1S/C10H14BrO5P/c1-3-16-17(13,14)6-7-4-8(15-2)5-9(11)10(7)12/h4-5,12H,3,6H2,1-2H3,(H,13,14). The Morgan fingerprint density at radius 1 is 1.47 bits per heavy atom. The minimum absolute atomic E-state index is 0.0835. The van der Waals surface area contributed by atoms with E-state index in [2.05, 4.69) is 15.9 Å². The first-order chi connectivity index (χ1) is 7.89. The Bertz CT molecular complexity index is 449. The summed E-state index contributed by atoms with van der Waals surface area (Å²) in [7, 11) is -2.25. The molecule has 96 valence electrons. The van der Waals surface area contributed by atoms with E-state index in [1.807, 2.05) is 0 Å². The Labute approximate surface area is 108 Å². The van der Waals surface area contributed by atoms with Gasteiger partial charge in [0.05, 0.1) is 24.4 Å². The average molecular weight is 325 g/mol. The van der Waals surface area contributed by atoms with Gasteiger partial charge in [-0.2, -0.15) is 0 Å². The number of methoxy groups -OCH3 is 1. The van der Waals surface area contributed by atoms with E-state index in [1.54, 1.807) is 13.0 Å². The van der Waals surface area contributed by atoms with Crippen LogP contribution in [0, 0.1) is 0 Å². The lowest BCUT2D eigenvalue weighted by Gasteiger charge is -2.13. The van der Waals surface area contributed by atoms with Crippen molar-refractivity contribution >= 4 is 23.5 Å². The molecule has 0 amide bonds. The molecule has 0 aliphatic carbocycles. The second kappa shape index (κ2) is 5.87. The molecule has 0 saturated carbocycles. The Hall–Kier alpha value is -0.550. The molecule has 0 aliphatic rings. The van der Waals surface area contributed by atoms with Gasteiger partial charge in [-0.15, -0.1) is 0 Å². The summed E-state index contributed by atoms with van der Waals surface area (Å²) in [4.78, 5) is 9.51. The van der Waals surface area contributed by atoms with Crippen LogP contribution in [-0.4, -0.2) is 23.7 Å². The fourth-order valence-corrected chi connectivity index (χ4v) is 2.98. The van der Waals surface area contributed by atoms with Crippen LogP contribution in [0.4, 0.5) is 0 Å². The third-order valence-corrected chi connectivity index (χ3v) is 4.06. The molecule has 0 aliphatic heterocycles. The van der Waals surface area contributed by atoms with Gasteiger partial charge in [0.15, 0.2) is 0 Å². The van der Waals surface area contributed by atoms with Crippen molar-refractivity contribution < 1.29 is 23.8 Å². The fourth-order valence-electron chi connectivity index (χ4n) is 1.33. The summed E-state index contributed by atoms with van der Waals surface area (Å²) in [6.07, 6.45) is -0.261. The molecule has 0 aromatic heterocycles. The Kier molecular flexibility index (Phi) is 5.01. The first kappa shape index (κ1) is 14.5. The predicted molar refractivity (Wildman–Crippen MR) is 67.5 cm³/mol. The highest BCUT2D eigenvalue weighted by atomic mass is 79.9. The van der Waals surface area contributed by atoms with E-state index in [0.717, 1.165) is 0 Å². The molecule has 0 saturated heterocycles. The second-order valence-corrected chi connectivity index (χ2v) is 6.03. The Balaban J connectivity index is 3.05. The van der Waals surface area contributed by atoms with Crippen molar-refractivity contribution in [1.82, 2.24) is 0 Å². The van der Waals surface area contributed by atoms with Crippen molar-refractivity contribution in [1.29, 1.82) is 0 Å². The van der Waals surface area contributed by atoms with E-state index in [1.165, 1.54) is 13.2 Å². The number of aromatic hydroxyl groups is 1. The molecule has 0 heterocycles. The first-order valence-corrected chi connectivity index (χ1v) is 7.47. The van der Waals surface area contributed by atoms with Crippen LogP contribution in [-0.2, 0) is 15.3 Å². The highest BCUT2D eigenvalue weighted by Crippen LogP contribution is 2.48. The smallest absolute Gasteiger partial charge is 0.332 e. The van der Waals surface area contributed by atoms with E-state index in [-0.39, 0.29) is 18.5 Å². The van der Waals surface area contributed by atoms with Crippen LogP contribution in [0.1, 0.15) is 12.5 Å². The van der Waals surface area contributed by atoms with Crippen LogP contribution < -0.4 is 4.74 Å². The van der Waals surface area contributed by atoms with Gasteiger partial charge < -0.3 is 19.3 Å².